The summed E-state index contributed by atoms with van der Waals surface area (Å²) < 4.78 is 0. The molecule has 1 rings (SSSR count). The van der Waals surface area contributed by atoms with Crippen LogP contribution in [-0.4, -0.2) is 6.54 Å². The van der Waals surface area contributed by atoms with Crippen molar-refractivity contribution < 1.29 is 0 Å². The predicted octanol–water partition coefficient (Wildman–Crippen LogP) is 1.77. The highest BCUT2D eigenvalue weighted by Gasteiger charge is 2.26. The molecule has 1 aliphatic rings. The van der Waals surface area contributed by atoms with E-state index < -0.39 is 0 Å². The summed E-state index contributed by atoms with van der Waals surface area (Å²) in [6.45, 7) is 3.17. The lowest BCUT2D eigenvalue weighted by Gasteiger charge is -2.34. The molecule has 0 bridgehead atoms. The van der Waals surface area contributed by atoms with Gasteiger partial charge in [-0.2, -0.15) is 0 Å². The maximum atomic E-state index is 5.43. The Labute approximate surface area is 57.6 Å². The largest absolute Gasteiger partial charge is 0.330 e. The molecule has 0 aromatic rings. The Morgan fingerprint density at radius 3 is 2.44 bits per heavy atom. The fourth-order valence-corrected chi connectivity index (χ4v) is 1.68. The number of nitrogens with two attached hydrogens (primary N) is 1. The lowest BCUT2D eigenvalue weighted by Crippen LogP contribution is -2.25. The van der Waals surface area contributed by atoms with Crippen molar-refractivity contribution in [2.24, 2.45) is 17.6 Å². The van der Waals surface area contributed by atoms with Gasteiger partial charge in [0.05, 0.1) is 0 Å². The third kappa shape index (κ3) is 1.68. The van der Waals surface area contributed by atoms with Gasteiger partial charge < -0.3 is 5.73 Å². The van der Waals surface area contributed by atoms with E-state index in [1.165, 1.54) is 25.7 Å². The average Bonchev–Trinajstić information content (AvgIpc) is 1.77. The molecule has 0 radical (unpaired) electrons. The predicted molar refractivity (Wildman–Crippen MR) is 40.2 cm³/mol. The Morgan fingerprint density at radius 2 is 2.00 bits per heavy atom. The van der Waals surface area contributed by atoms with Crippen LogP contribution in [0.5, 0.6) is 0 Å². The SMILES string of the molecule is CCC1CC(CCN)C1. The van der Waals surface area contributed by atoms with E-state index in [1.807, 2.05) is 0 Å². The van der Waals surface area contributed by atoms with Crippen LogP contribution < -0.4 is 5.73 Å². The molecule has 0 aromatic heterocycles. The van der Waals surface area contributed by atoms with Crippen LogP contribution in [0.1, 0.15) is 32.6 Å². The van der Waals surface area contributed by atoms with Gasteiger partial charge in [-0.05, 0) is 37.6 Å². The fourth-order valence-electron chi connectivity index (χ4n) is 1.68. The maximum Gasteiger partial charge on any atom is -0.00746 e. The van der Waals surface area contributed by atoms with Crippen molar-refractivity contribution in [2.45, 2.75) is 32.6 Å². The molecular weight excluding hydrogens is 110 g/mol. The summed E-state index contributed by atoms with van der Waals surface area (Å²) in [4.78, 5) is 0. The molecule has 0 unspecified atom stereocenters. The second-order valence-corrected chi connectivity index (χ2v) is 3.19. The first-order valence-corrected chi connectivity index (χ1v) is 4.06. The van der Waals surface area contributed by atoms with Gasteiger partial charge in [-0.15, -0.1) is 0 Å². The summed E-state index contributed by atoms with van der Waals surface area (Å²) >= 11 is 0. The van der Waals surface area contributed by atoms with E-state index in [9.17, 15) is 0 Å². The molecule has 0 amide bonds. The van der Waals surface area contributed by atoms with Crippen LogP contribution in [0.3, 0.4) is 0 Å². The molecule has 0 aromatic carbocycles. The van der Waals surface area contributed by atoms with E-state index in [1.54, 1.807) is 0 Å². The molecule has 9 heavy (non-hydrogen) atoms. The van der Waals surface area contributed by atoms with Gasteiger partial charge in [0.15, 0.2) is 0 Å². The molecule has 1 saturated carbocycles. The molecule has 1 aliphatic carbocycles. The molecule has 54 valence electrons. The molecule has 0 heterocycles. The summed E-state index contributed by atoms with van der Waals surface area (Å²) in [5.74, 6) is 2.03. The van der Waals surface area contributed by atoms with Gasteiger partial charge in [-0.3, -0.25) is 0 Å². The second-order valence-electron chi connectivity index (χ2n) is 3.19. The zero-order chi connectivity index (χ0) is 6.69. The molecule has 0 spiro atoms. The van der Waals surface area contributed by atoms with Gasteiger partial charge in [0.25, 0.3) is 0 Å². The van der Waals surface area contributed by atoms with Gasteiger partial charge in [-0.1, -0.05) is 13.3 Å². The van der Waals surface area contributed by atoms with Crippen LogP contribution in [0.2, 0.25) is 0 Å². The molecular formula is C8H17N. The third-order valence-corrected chi connectivity index (χ3v) is 2.49. The maximum absolute atomic E-state index is 5.43. The van der Waals surface area contributed by atoms with Crippen molar-refractivity contribution in [3.8, 4) is 0 Å². The summed E-state index contributed by atoms with van der Waals surface area (Å²) in [5, 5.41) is 0. The van der Waals surface area contributed by atoms with Crippen molar-refractivity contribution >= 4 is 0 Å². The molecule has 0 saturated heterocycles. The van der Waals surface area contributed by atoms with E-state index in [0.29, 0.717) is 0 Å². The van der Waals surface area contributed by atoms with Gasteiger partial charge >= 0.3 is 0 Å². The Balaban J connectivity index is 1.98. The fraction of sp³-hybridized carbons (Fsp3) is 1.00. The zero-order valence-corrected chi connectivity index (χ0v) is 6.27. The number of hydrogen-bond donors (Lipinski definition) is 1. The first-order valence-electron chi connectivity index (χ1n) is 4.06. The normalized spacial score (nSPS) is 34.0. The van der Waals surface area contributed by atoms with Crippen LogP contribution in [0, 0.1) is 11.8 Å². The Kier molecular flexibility index (Phi) is 2.52. The molecule has 0 atom stereocenters. The van der Waals surface area contributed by atoms with Crippen LogP contribution in [0.4, 0.5) is 0 Å². The van der Waals surface area contributed by atoms with E-state index in [4.69, 9.17) is 5.73 Å². The summed E-state index contributed by atoms with van der Waals surface area (Å²) in [7, 11) is 0. The smallest absolute Gasteiger partial charge is 0.00746 e. The summed E-state index contributed by atoms with van der Waals surface area (Å²) in [5.41, 5.74) is 5.43. The van der Waals surface area contributed by atoms with Crippen molar-refractivity contribution in [2.75, 3.05) is 6.54 Å². The highest BCUT2D eigenvalue weighted by atomic mass is 14.5. The molecule has 1 heteroatoms. The minimum Gasteiger partial charge on any atom is -0.330 e. The minimum atomic E-state index is 0.890. The quantitative estimate of drug-likeness (QED) is 0.614. The monoisotopic (exact) mass is 127 g/mol. The Bertz CT molecular complexity index is 74.6. The lowest BCUT2D eigenvalue weighted by atomic mass is 9.72. The van der Waals surface area contributed by atoms with Gasteiger partial charge in [0.2, 0.25) is 0 Å². The lowest BCUT2D eigenvalue weighted by molar-refractivity contribution is 0.179. The van der Waals surface area contributed by atoms with E-state index >= 15 is 0 Å². The molecule has 2 N–H and O–H groups in total. The second kappa shape index (κ2) is 3.21. The highest BCUT2D eigenvalue weighted by molar-refractivity contribution is 4.78. The Morgan fingerprint density at radius 1 is 1.33 bits per heavy atom. The first-order chi connectivity index (χ1) is 4.36. The van der Waals surface area contributed by atoms with Crippen molar-refractivity contribution in [3.05, 3.63) is 0 Å². The standard InChI is InChI=1S/C8H17N/c1-2-7-5-8(6-7)3-4-9/h7-8H,2-6,9H2,1H3. The van der Waals surface area contributed by atoms with Crippen LogP contribution >= 0.6 is 0 Å². The van der Waals surface area contributed by atoms with Crippen LogP contribution in [-0.2, 0) is 0 Å². The average molecular weight is 127 g/mol. The van der Waals surface area contributed by atoms with Crippen molar-refractivity contribution in [1.82, 2.24) is 0 Å². The van der Waals surface area contributed by atoms with E-state index in [2.05, 4.69) is 6.92 Å². The highest BCUT2D eigenvalue weighted by Crippen LogP contribution is 2.37. The van der Waals surface area contributed by atoms with Crippen molar-refractivity contribution in [3.63, 3.8) is 0 Å². The molecule has 1 fully saturated rings. The minimum absolute atomic E-state index is 0.890. The van der Waals surface area contributed by atoms with Gasteiger partial charge in [-0.25, -0.2) is 0 Å². The van der Waals surface area contributed by atoms with Crippen LogP contribution in [0.15, 0.2) is 0 Å². The van der Waals surface area contributed by atoms with Gasteiger partial charge in [0, 0.05) is 0 Å². The van der Waals surface area contributed by atoms with Crippen molar-refractivity contribution in [1.29, 1.82) is 0 Å². The Hall–Kier alpha value is -0.0400. The first kappa shape index (κ1) is 7.07. The number of hydrogen-bond acceptors (Lipinski definition) is 1. The molecule has 0 aliphatic heterocycles. The summed E-state index contributed by atoms with van der Waals surface area (Å²) in [6, 6.07) is 0. The summed E-state index contributed by atoms with van der Waals surface area (Å²) in [6.07, 6.45) is 5.54. The molecule has 1 nitrogen and oxygen atoms in total. The third-order valence-electron chi connectivity index (χ3n) is 2.49. The van der Waals surface area contributed by atoms with Gasteiger partial charge in [0.1, 0.15) is 0 Å². The van der Waals surface area contributed by atoms with E-state index in [0.717, 1.165) is 18.4 Å². The van der Waals surface area contributed by atoms with E-state index in [-0.39, 0.29) is 0 Å². The van der Waals surface area contributed by atoms with Crippen LogP contribution in [0.25, 0.3) is 0 Å². The zero-order valence-electron chi connectivity index (χ0n) is 6.27. The number of rotatable bonds is 3. The topological polar surface area (TPSA) is 26.0 Å².